The first-order valence-corrected chi connectivity index (χ1v) is 6.69. The van der Waals surface area contributed by atoms with Gasteiger partial charge in [0.1, 0.15) is 5.69 Å². The van der Waals surface area contributed by atoms with Crippen LogP contribution < -0.4 is 10.6 Å². The molecule has 2 aromatic carbocycles. The van der Waals surface area contributed by atoms with E-state index in [2.05, 4.69) is 12.1 Å². The summed E-state index contributed by atoms with van der Waals surface area (Å²) >= 11 is 0. The molecular weight excluding hydrogens is 258 g/mol. The number of nitrogens with two attached hydrogens (primary N) is 1. The first-order chi connectivity index (χ1) is 9.65. The van der Waals surface area contributed by atoms with Crippen LogP contribution in [0.4, 0.5) is 20.2 Å². The summed E-state index contributed by atoms with van der Waals surface area (Å²) in [6.07, 6.45) is 0.896. The van der Waals surface area contributed by atoms with Crippen molar-refractivity contribution in [1.29, 1.82) is 0 Å². The molecule has 1 aliphatic heterocycles. The lowest BCUT2D eigenvalue weighted by Crippen LogP contribution is -2.22. The number of nitrogen functional groups attached to an aromatic ring is 1. The summed E-state index contributed by atoms with van der Waals surface area (Å²) < 4.78 is 27.9. The molecule has 1 aliphatic rings. The van der Waals surface area contributed by atoms with Gasteiger partial charge in [-0.15, -0.1) is 0 Å². The van der Waals surface area contributed by atoms with Crippen LogP contribution in [0.25, 0.3) is 0 Å². The molecule has 0 unspecified atom stereocenters. The maximum atomic E-state index is 13.9. The Bertz CT molecular complexity index is 590. The van der Waals surface area contributed by atoms with Crippen molar-refractivity contribution in [3.63, 3.8) is 0 Å². The number of hydrogen-bond donors (Lipinski definition) is 1. The Balaban J connectivity index is 1.85. The number of hydrogen-bond acceptors (Lipinski definition) is 2. The van der Waals surface area contributed by atoms with Crippen molar-refractivity contribution in [2.45, 2.75) is 12.3 Å². The third-order valence-corrected chi connectivity index (χ3v) is 3.81. The van der Waals surface area contributed by atoms with E-state index in [0.717, 1.165) is 6.42 Å². The Morgan fingerprint density at radius 3 is 2.35 bits per heavy atom. The summed E-state index contributed by atoms with van der Waals surface area (Å²) in [5.41, 5.74) is 6.81. The van der Waals surface area contributed by atoms with Crippen molar-refractivity contribution in [1.82, 2.24) is 0 Å². The van der Waals surface area contributed by atoms with Crippen LogP contribution in [0.2, 0.25) is 0 Å². The second-order valence-corrected chi connectivity index (χ2v) is 5.18. The fourth-order valence-electron chi connectivity index (χ4n) is 2.85. The van der Waals surface area contributed by atoms with Gasteiger partial charge in [-0.05, 0) is 24.1 Å². The third-order valence-electron chi connectivity index (χ3n) is 3.81. The average molecular weight is 274 g/mol. The van der Waals surface area contributed by atoms with E-state index >= 15 is 0 Å². The summed E-state index contributed by atoms with van der Waals surface area (Å²) in [7, 11) is 0. The van der Waals surface area contributed by atoms with Crippen LogP contribution in [0.15, 0.2) is 42.5 Å². The quantitative estimate of drug-likeness (QED) is 0.849. The van der Waals surface area contributed by atoms with Crippen molar-refractivity contribution < 1.29 is 8.78 Å². The first-order valence-electron chi connectivity index (χ1n) is 6.69. The van der Waals surface area contributed by atoms with Gasteiger partial charge in [0.15, 0.2) is 11.6 Å². The van der Waals surface area contributed by atoms with E-state index < -0.39 is 11.6 Å². The lowest BCUT2D eigenvalue weighted by atomic mass is 9.99. The summed E-state index contributed by atoms with van der Waals surface area (Å²) in [6, 6.07) is 12.4. The van der Waals surface area contributed by atoms with Crippen molar-refractivity contribution in [2.24, 2.45) is 0 Å². The van der Waals surface area contributed by atoms with E-state index in [9.17, 15) is 8.78 Å². The standard InChI is InChI=1S/C16H16F2N2/c17-14-8-13(19)9-15(18)16(14)20-7-6-12(10-20)11-4-2-1-3-5-11/h1-5,8-9,12H,6-7,10,19H2/t12-/m0/s1. The van der Waals surface area contributed by atoms with Crippen LogP contribution in [-0.2, 0) is 0 Å². The van der Waals surface area contributed by atoms with Gasteiger partial charge < -0.3 is 10.6 Å². The second-order valence-electron chi connectivity index (χ2n) is 5.18. The molecule has 1 heterocycles. The number of rotatable bonds is 2. The van der Waals surface area contributed by atoms with E-state index in [1.807, 2.05) is 18.2 Å². The number of anilines is 2. The molecule has 104 valence electrons. The molecule has 20 heavy (non-hydrogen) atoms. The third kappa shape index (κ3) is 2.33. The molecular formula is C16H16F2N2. The van der Waals surface area contributed by atoms with Gasteiger partial charge in [-0.25, -0.2) is 8.78 Å². The van der Waals surface area contributed by atoms with E-state index in [-0.39, 0.29) is 11.4 Å². The Morgan fingerprint density at radius 1 is 1.05 bits per heavy atom. The molecule has 2 N–H and O–H groups in total. The van der Waals surface area contributed by atoms with Crippen LogP contribution in [0.3, 0.4) is 0 Å². The van der Waals surface area contributed by atoms with Gasteiger partial charge in [-0.3, -0.25) is 0 Å². The molecule has 4 heteroatoms. The minimum atomic E-state index is -0.587. The molecule has 0 radical (unpaired) electrons. The molecule has 2 nitrogen and oxygen atoms in total. The molecule has 1 saturated heterocycles. The minimum Gasteiger partial charge on any atom is -0.399 e. The molecule has 2 aromatic rings. The van der Waals surface area contributed by atoms with Crippen LogP contribution >= 0.6 is 0 Å². The zero-order valence-corrected chi connectivity index (χ0v) is 11.0. The Morgan fingerprint density at radius 2 is 1.70 bits per heavy atom. The molecule has 0 saturated carbocycles. The van der Waals surface area contributed by atoms with Crippen molar-refractivity contribution in [3.8, 4) is 0 Å². The number of benzene rings is 2. The monoisotopic (exact) mass is 274 g/mol. The molecule has 3 rings (SSSR count). The van der Waals surface area contributed by atoms with Gasteiger partial charge in [0.05, 0.1) is 0 Å². The molecule has 1 fully saturated rings. The molecule has 0 amide bonds. The van der Waals surface area contributed by atoms with Gasteiger partial charge >= 0.3 is 0 Å². The smallest absolute Gasteiger partial charge is 0.151 e. The van der Waals surface area contributed by atoms with Crippen LogP contribution in [-0.4, -0.2) is 13.1 Å². The van der Waals surface area contributed by atoms with E-state index in [1.54, 1.807) is 4.90 Å². The molecule has 1 atom stereocenters. The highest BCUT2D eigenvalue weighted by molar-refractivity contribution is 5.56. The largest absolute Gasteiger partial charge is 0.399 e. The first kappa shape index (κ1) is 12.9. The minimum absolute atomic E-state index is 0.0395. The maximum Gasteiger partial charge on any atom is 0.151 e. The highest BCUT2D eigenvalue weighted by Gasteiger charge is 2.27. The van der Waals surface area contributed by atoms with Gasteiger partial charge in [-0.1, -0.05) is 30.3 Å². The van der Waals surface area contributed by atoms with E-state index in [4.69, 9.17) is 5.73 Å². The fourth-order valence-corrected chi connectivity index (χ4v) is 2.85. The maximum absolute atomic E-state index is 13.9. The summed E-state index contributed by atoms with van der Waals surface area (Å²) in [4.78, 5) is 1.77. The van der Waals surface area contributed by atoms with Gasteiger partial charge in [0.2, 0.25) is 0 Å². The average Bonchev–Trinajstić information content (AvgIpc) is 2.88. The summed E-state index contributed by atoms with van der Waals surface area (Å²) in [5, 5.41) is 0. The normalized spacial score (nSPS) is 18.5. The molecule has 0 spiro atoms. The lowest BCUT2D eigenvalue weighted by molar-refractivity contribution is 0.578. The highest BCUT2D eigenvalue weighted by Crippen LogP contribution is 2.34. The van der Waals surface area contributed by atoms with Gasteiger partial charge in [-0.2, -0.15) is 0 Å². The summed E-state index contributed by atoms with van der Waals surface area (Å²) in [5.74, 6) is -0.861. The Kier molecular flexibility index (Phi) is 3.30. The fraction of sp³-hybridized carbons (Fsp3) is 0.250. The van der Waals surface area contributed by atoms with Crippen LogP contribution in [0, 0.1) is 11.6 Å². The molecule has 0 bridgehead atoms. The van der Waals surface area contributed by atoms with Crippen LogP contribution in [0.1, 0.15) is 17.9 Å². The van der Waals surface area contributed by atoms with Crippen molar-refractivity contribution in [3.05, 3.63) is 59.7 Å². The van der Waals surface area contributed by atoms with E-state index in [1.165, 1.54) is 17.7 Å². The SMILES string of the molecule is Nc1cc(F)c(N2CC[C@H](c3ccccc3)C2)c(F)c1. The molecule has 0 aliphatic carbocycles. The van der Waals surface area contributed by atoms with Crippen molar-refractivity contribution >= 4 is 11.4 Å². The van der Waals surface area contributed by atoms with Crippen LogP contribution in [0.5, 0.6) is 0 Å². The predicted octanol–water partition coefficient (Wildman–Crippen LogP) is 3.54. The lowest BCUT2D eigenvalue weighted by Gasteiger charge is -2.20. The zero-order valence-electron chi connectivity index (χ0n) is 11.0. The second kappa shape index (κ2) is 5.12. The Hall–Kier alpha value is -2.10. The highest BCUT2D eigenvalue weighted by atomic mass is 19.1. The van der Waals surface area contributed by atoms with Gasteiger partial charge in [0, 0.05) is 24.7 Å². The topological polar surface area (TPSA) is 29.3 Å². The van der Waals surface area contributed by atoms with Gasteiger partial charge in [0.25, 0.3) is 0 Å². The number of nitrogens with zero attached hydrogens (tertiary/aromatic N) is 1. The molecule has 0 aromatic heterocycles. The number of halogens is 2. The Labute approximate surface area is 116 Å². The predicted molar refractivity (Wildman–Crippen MR) is 76.8 cm³/mol. The van der Waals surface area contributed by atoms with E-state index in [0.29, 0.717) is 19.0 Å². The van der Waals surface area contributed by atoms with Crippen molar-refractivity contribution in [2.75, 3.05) is 23.7 Å². The summed E-state index contributed by atoms with van der Waals surface area (Å²) in [6.45, 7) is 1.28. The zero-order chi connectivity index (χ0) is 14.1.